The number of hydrogen-bond acceptors (Lipinski definition) is 3. The topological polar surface area (TPSA) is 49.8 Å². The molecule has 1 aliphatic heterocycles. The number of amides is 1. The van der Waals surface area contributed by atoms with Gasteiger partial charge in [-0.25, -0.2) is 0 Å². The van der Waals surface area contributed by atoms with Crippen LogP contribution >= 0.6 is 0 Å². The normalized spacial score (nSPS) is 43.0. The van der Waals surface area contributed by atoms with E-state index in [1.54, 1.807) is 7.11 Å². The highest BCUT2D eigenvalue weighted by molar-refractivity contribution is 5.77. The van der Waals surface area contributed by atoms with Crippen molar-refractivity contribution in [2.24, 2.45) is 22.7 Å². The average molecular weight is 309 g/mol. The minimum Gasteiger partial charge on any atom is -0.392 e. The number of ether oxygens (including phenoxy) is 1. The Labute approximate surface area is 134 Å². The largest absolute Gasteiger partial charge is 0.392 e. The zero-order valence-corrected chi connectivity index (χ0v) is 14.5. The van der Waals surface area contributed by atoms with E-state index in [2.05, 4.69) is 20.8 Å². The first-order valence-corrected chi connectivity index (χ1v) is 8.79. The number of aliphatic hydroxyl groups excluding tert-OH is 1. The molecule has 0 spiro atoms. The maximum atomic E-state index is 12.8. The highest BCUT2D eigenvalue weighted by Gasteiger charge is 2.65. The molecule has 2 saturated carbocycles. The van der Waals surface area contributed by atoms with E-state index in [0.29, 0.717) is 18.9 Å². The predicted octanol–water partition coefficient (Wildman–Crippen LogP) is 2.45. The van der Waals surface area contributed by atoms with Gasteiger partial charge in [0, 0.05) is 20.1 Å². The number of rotatable bonds is 4. The van der Waals surface area contributed by atoms with Crippen LogP contribution in [0.2, 0.25) is 0 Å². The first-order valence-electron chi connectivity index (χ1n) is 8.79. The maximum absolute atomic E-state index is 12.8. The highest BCUT2D eigenvalue weighted by atomic mass is 16.5. The summed E-state index contributed by atoms with van der Waals surface area (Å²) in [6, 6.07) is 0.233. The fraction of sp³-hybridized carbons (Fsp3) is 0.944. The monoisotopic (exact) mass is 309 g/mol. The van der Waals surface area contributed by atoms with Gasteiger partial charge >= 0.3 is 0 Å². The second-order valence-corrected chi connectivity index (χ2v) is 8.44. The van der Waals surface area contributed by atoms with E-state index in [0.717, 1.165) is 32.2 Å². The maximum Gasteiger partial charge on any atom is 0.223 e. The second-order valence-electron chi connectivity index (χ2n) is 8.44. The number of carbonyl (C=O) groups excluding carboxylic acids is 1. The van der Waals surface area contributed by atoms with Crippen molar-refractivity contribution in [2.45, 2.75) is 65.0 Å². The Bertz CT molecular complexity index is 450. The SMILES string of the molecule is COC[C@@H]1CCCN1C(=O)C[C@@H]1[C@H]2CC[C@@](C)([C@@H]1O)C2(C)C. The van der Waals surface area contributed by atoms with Crippen LogP contribution in [0.1, 0.15) is 52.9 Å². The summed E-state index contributed by atoms with van der Waals surface area (Å²) >= 11 is 0. The van der Waals surface area contributed by atoms with E-state index in [1.165, 1.54) is 0 Å². The molecule has 1 N–H and O–H groups in total. The summed E-state index contributed by atoms with van der Waals surface area (Å²) in [6.45, 7) is 8.25. The van der Waals surface area contributed by atoms with Crippen molar-refractivity contribution in [3.63, 3.8) is 0 Å². The van der Waals surface area contributed by atoms with Crippen LogP contribution in [-0.2, 0) is 9.53 Å². The molecule has 0 aromatic rings. The molecule has 3 rings (SSSR count). The lowest BCUT2D eigenvalue weighted by molar-refractivity contribution is -0.136. The van der Waals surface area contributed by atoms with E-state index >= 15 is 0 Å². The zero-order chi connectivity index (χ0) is 16.1. The number of methoxy groups -OCH3 is 1. The molecule has 1 heterocycles. The van der Waals surface area contributed by atoms with Crippen LogP contribution in [0.5, 0.6) is 0 Å². The molecule has 2 bridgehead atoms. The number of fused-ring (bicyclic) bond motifs is 2. The lowest BCUT2D eigenvalue weighted by atomic mass is 9.70. The molecular formula is C18H31NO3. The van der Waals surface area contributed by atoms with Crippen LogP contribution in [0.25, 0.3) is 0 Å². The molecule has 0 unspecified atom stereocenters. The van der Waals surface area contributed by atoms with E-state index in [-0.39, 0.29) is 34.8 Å². The van der Waals surface area contributed by atoms with Crippen LogP contribution in [0, 0.1) is 22.7 Å². The van der Waals surface area contributed by atoms with Crippen molar-refractivity contribution < 1.29 is 14.6 Å². The third kappa shape index (κ3) is 2.14. The van der Waals surface area contributed by atoms with E-state index in [1.807, 2.05) is 4.90 Å². The molecular weight excluding hydrogens is 278 g/mol. The lowest BCUT2D eigenvalue weighted by Crippen LogP contribution is -2.42. The molecule has 126 valence electrons. The molecule has 4 nitrogen and oxygen atoms in total. The third-order valence-corrected chi connectivity index (χ3v) is 7.42. The summed E-state index contributed by atoms with van der Waals surface area (Å²) in [4.78, 5) is 14.8. The Morgan fingerprint density at radius 2 is 2.05 bits per heavy atom. The number of likely N-dealkylation sites (tertiary alicyclic amines) is 1. The Morgan fingerprint density at radius 1 is 1.32 bits per heavy atom. The van der Waals surface area contributed by atoms with Gasteiger partial charge in [0.15, 0.2) is 0 Å². The highest BCUT2D eigenvalue weighted by Crippen LogP contribution is 2.68. The standard InChI is InChI=1S/C18H31NO3/c1-17(2)14-7-8-18(17,3)16(21)13(14)10-15(20)19-9-5-6-12(19)11-22-4/h12-14,16,21H,5-11H2,1-4H3/t12-,13+,14+,16+,18-/m0/s1. The first kappa shape index (κ1) is 16.3. The number of nitrogens with zero attached hydrogens (tertiary/aromatic N) is 1. The smallest absolute Gasteiger partial charge is 0.223 e. The summed E-state index contributed by atoms with van der Waals surface area (Å²) in [5, 5.41) is 10.8. The summed E-state index contributed by atoms with van der Waals surface area (Å²) in [5.41, 5.74) is 0.105. The molecule has 0 aromatic heterocycles. The van der Waals surface area contributed by atoms with Crippen molar-refractivity contribution in [3.05, 3.63) is 0 Å². The van der Waals surface area contributed by atoms with Gasteiger partial charge in [-0.2, -0.15) is 0 Å². The minimum absolute atomic E-state index is 0.0282. The van der Waals surface area contributed by atoms with Crippen molar-refractivity contribution in [1.82, 2.24) is 4.90 Å². The third-order valence-electron chi connectivity index (χ3n) is 7.42. The van der Waals surface area contributed by atoms with E-state index < -0.39 is 0 Å². The van der Waals surface area contributed by atoms with Crippen molar-refractivity contribution in [1.29, 1.82) is 0 Å². The molecule has 5 atom stereocenters. The van der Waals surface area contributed by atoms with Crippen molar-refractivity contribution in [3.8, 4) is 0 Å². The van der Waals surface area contributed by atoms with E-state index in [9.17, 15) is 9.90 Å². The average Bonchev–Trinajstić information content (AvgIpc) is 3.04. The molecule has 2 aliphatic carbocycles. The minimum atomic E-state index is -0.339. The second kappa shape index (κ2) is 5.48. The van der Waals surface area contributed by atoms with Crippen LogP contribution < -0.4 is 0 Å². The van der Waals surface area contributed by atoms with E-state index in [4.69, 9.17) is 4.74 Å². The van der Waals surface area contributed by atoms with Gasteiger partial charge in [-0.3, -0.25) is 4.79 Å². The van der Waals surface area contributed by atoms with Crippen LogP contribution in [0.3, 0.4) is 0 Å². The van der Waals surface area contributed by atoms with Gasteiger partial charge < -0.3 is 14.7 Å². The lowest BCUT2D eigenvalue weighted by Gasteiger charge is -2.37. The fourth-order valence-electron chi connectivity index (χ4n) is 5.64. The van der Waals surface area contributed by atoms with Gasteiger partial charge in [-0.05, 0) is 48.3 Å². The Kier molecular flexibility index (Phi) is 4.05. The molecule has 22 heavy (non-hydrogen) atoms. The van der Waals surface area contributed by atoms with Crippen molar-refractivity contribution >= 4 is 5.91 Å². The number of carbonyl (C=O) groups is 1. The molecule has 4 heteroatoms. The Morgan fingerprint density at radius 3 is 2.64 bits per heavy atom. The number of aliphatic hydroxyl groups is 1. The quantitative estimate of drug-likeness (QED) is 0.868. The summed E-state index contributed by atoms with van der Waals surface area (Å²) < 4.78 is 5.25. The van der Waals surface area contributed by atoms with Gasteiger partial charge in [0.25, 0.3) is 0 Å². The van der Waals surface area contributed by atoms with Crippen LogP contribution in [-0.4, -0.2) is 48.3 Å². The molecule has 1 saturated heterocycles. The number of hydrogen-bond donors (Lipinski definition) is 1. The summed E-state index contributed by atoms with van der Waals surface area (Å²) in [6.07, 6.45) is 4.52. The zero-order valence-electron chi connectivity index (χ0n) is 14.5. The molecule has 0 aromatic carbocycles. The van der Waals surface area contributed by atoms with Gasteiger partial charge in [-0.1, -0.05) is 20.8 Å². The Hall–Kier alpha value is -0.610. The summed E-state index contributed by atoms with van der Waals surface area (Å²) in [5.74, 6) is 0.820. The predicted molar refractivity (Wildman–Crippen MR) is 85.3 cm³/mol. The van der Waals surface area contributed by atoms with Crippen LogP contribution in [0.4, 0.5) is 0 Å². The van der Waals surface area contributed by atoms with Gasteiger partial charge in [0.05, 0.1) is 18.8 Å². The molecule has 3 fully saturated rings. The van der Waals surface area contributed by atoms with Gasteiger partial charge in [-0.15, -0.1) is 0 Å². The molecule has 1 amide bonds. The van der Waals surface area contributed by atoms with Crippen LogP contribution in [0.15, 0.2) is 0 Å². The fourth-order valence-corrected chi connectivity index (χ4v) is 5.64. The molecule has 3 aliphatic rings. The van der Waals surface area contributed by atoms with Gasteiger partial charge in [0.1, 0.15) is 0 Å². The summed E-state index contributed by atoms with van der Waals surface area (Å²) in [7, 11) is 1.70. The Balaban J connectivity index is 1.70. The first-order chi connectivity index (χ1) is 10.3. The molecule has 0 radical (unpaired) electrons. The van der Waals surface area contributed by atoms with Gasteiger partial charge in [0.2, 0.25) is 5.91 Å². The van der Waals surface area contributed by atoms with Crippen molar-refractivity contribution in [2.75, 3.05) is 20.3 Å².